The number of benzene rings is 1. The average molecular weight is 390 g/mol. The Hall–Kier alpha value is -2.36. The molecule has 1 heterocycles. The number of aliphatic hydroxyl groups is 1. The summed E-state index contributed by atoms with van der Waals surface area (Å²) in [5.74, 6) is 2.69. The van der Waals surface area contributed by atoms with Crippen molar-refractivity contribution in [1.29, 1.82) is 0 Å². The molecule has 3 N–H and O–H groups in total. The van der Waals surface area contributed by atoms with Crippen LogP contribution in [0.5, 0.6) is 0 Å². The third-order valence-corrected chi connectivity index (χ3v) is 3.71. The number of terminal acetylenes is 1. The van der Waals surface area contributed by atoms with Crippen molar-refractivity contribution in [1.82, 2.24) is 15.5 Å². The van der Waals surface area contributed by atoms with Crippen LogP contribution in [0.25, 0.3) is 0 Å². The van der Waals surface area contributed by atoms with E-state index in [1.807, 2.05) is 38.4 Å². The molecule has 0 saturated carbocycles. The van der Waals surface area contributed by atoms with Crippen LogP contribution in [0, 0.1) is 17.8 Å². The summed E-state index contributed by atoms with van der Waals surface area (Å²) in [5, 5.41) is 14.6. The van der Waals surface area contributed by atoms with Crippen molar-refractivity contribution in [3.05, 3.63) is 35.4 Å². The van der Waals surface area contributed by atoms with Gasteiger partial charge < -0.3 is 20.6 Å². The van der Waals surface area contributed by atoms with Gasteiger partial charge in [0, 0.05) is 31.6 Å². The summed E-state index contributed by atoms with van der Waals surface area (Å²) in [6.07, 6.45) is 6.85. The summed E-state index contributed by atoms with van der Waals surface area (Å²) >= 11 is 0. The maximum absolute atomic E-state index is 11.6. The number of hydrogen-bond donors (Lipinski definition) is 3. The number of amides is 2. The van der Waals surface area contributed by atoms with Crippen LogP contribution in [0.4, 0.5) is 0 Å². The van der Waals surface area contributed by atoms with Crippen molar-refractivity contribution in [2.24, 2.45) is 5.41 Å². The molecule has 0 bridgehead atoms. The molecular formula is C22H35N3O3. The van der Waals surface area contributed by atoms with E-state index in [0.717, 1.165) is 24.1 Å². The Morgan fingerprint density at radius 2 is 1.89 bits per heavy atom. The molecule has 6 nitrogen and oxygen atoms in total. The molecule has 1 aliphatic heterocycles. The fourth-order valence-corrected chi connectivity index (χ4v) is 2.41. The van der Waals surface area contributed by atoms with Crippen LogP contribution in [0.2, 0.25) is 0 Å². The molecule has 1 aromatic rings. The number of likely N-dealkylation sites (tertiary alicyclic amines) is 1. The normalized spacial score (nSPS) is 15.3. The molecule has 1 atom stereocenters. The van der Waals surface area contributed by atoms with E-state index in [0.29, 0.717) is 25.9 Å². The predicted octanol–water partition coefficient (Wildman–Crippen LogP) is 1.77. The van der Waals surface area contributed by atoms with Gasteiger partial charge in [0.25, 0.3) is 0 Å². The SMILES string of the molecule is C#Cc1ccc(CNC=O)cc1.CC(C)(C)CC(=O)N1CCC(O)C1.CNC. The van der Waals surface area contributed by atoms with Crippen LogP contribution < -0.4 is 10.6 Å². The molecule has 1 aromatic carbocycles. The Kier molecular flexibility index (Phi) is 12.6. The van der Waals surface area contributed by atoms with Gasteiger partial charge in [0.1, 0.15) is 0 Å². The molecule has 2 amide bonds. The summed E-state index contributed by atoms with van der Waals surface area (Å²) in [6, 6.07) is 7.49. The van der Waals surface area contributed by atoms with Gasteiger partial charge in [0.2, 0.25) is 12.3 Å². The zero-order valence-corrected chi connectivity index (χ0v) is 17.8. The molecule has 156 valence electrons. The van der Waals surface area contributed by atoms with E-state index in [1.165, 1.54) is 0 Å². The number of rotatable bonds is 4. The Balaban J connectivity index is 0.000000458. The molecule has 0 aromatic heterocycles. The van der Waals surface area contributed by atoms with Gasteiger partial charge in [-0.2, -0.15) is 0 Å². The number of carbonyl (C=O) groups is 2. The summed E-state index contributed by atoms with van der Waals surface area (Å²) in [6.45, 7) is 7.95. The fraction of sp³-hybridized carbons (Fsp3) is 0.545. The summed E-state index contributed by atoms with van der Waals surface area (Å²) in [4.78, 5) is 23.3. The summed E-state index contributed by atoms with van der Waals surface area (Å²) in [5.41, 5.74) is 1.94. The minimum atomic E-state index is -0.302. The molecule has 0 aliphatic carbocycles. The highest BCUT2D eigenvalue weighted by atomic mass is 16.3. The van der Waals surface area contributed by atoms with Gasteiger partial charge in [-0.25, -0.2) is 0 Å². The van der Waals surface area contributed by atoms with Crippen molar-refractivity contribution in [2.45, 2.75) is 46.3 Å². The Labute approximate surface area is 169 Å². The average Bonchev–Trinajstić information content (AvgIpc) is 3.07. The number of carbonyl (C=O) groups excluding carboxylic acids is 2. The second-order valence-corrected chi connectivity index (χ2v) is 7.86. The van der Waals surface area contributed by atoms with Gasteiger partial charge in [-0.3, -0.25) is 9.59 Å². The monoisotopic (exact) mass is 389 g/mol. The van der Waals surface area contributed by atoms with Gasteiger partial charge >= 0.3 is 0 Å². The second-order valence-electron chi connectivity index (χ2n) is 7.86. The Bertz CT molecular complexity index is 615. The van der Waals surface area contributed by atoms with Gasteiger partial charge in [0.15, 0.2) is 0 Å². The van der Waals surface area contributed by atoms with Gasteiger partial charge in [-0.1, -0.05) is 38.8 Å². The fourth-order valence-electron chi connectivity index (χ4n) is 2.41. The zero-order chi connectivity index (χ0) is 21.6. The van der Waals surface area contributed by atoms with Crippen LogP contribution in [-0.4, -0.2) is 55.6 Å². The minimum Gasteiger partial charge on any atom is -0.391 e. The van der Waals surface area contributed by atoms with Crippen molar-refractivity contribution in [2.75, 3.05) is 27.2 Å². The number of aliphatic hydroxyl groups excluding tert-OH is 1. The predicted molar refractivity (Wildman–Crippen MR) is 114 cm³/mol. The zero-order valence-electron chi connectivity index (χ0n) is 17.8. The van der Waals surface area contributed by atoms with Crippen molar-refractivity contribution in [3.63, 3.8) is 0 Å². The largest absolute Gasteiger partial charge is 0.391 e. The standard InChI is InChI=1S/C10H19NO2.C10H9NO.C2H7N/c1-10(2,3)6-9(13)11-5-4-8(12)7-11;1-2-9-3-5-10(6-4-9)7-11-8-12;1-3-2/h8,12H,4-7H2,1-3H3;1,3-6,8H,7H2,(H,11,12);3H,1-2H3. The van der Waals surface area contributed by atoms with Crippen molar-refractivity contribution >= 4 is 12.3 Å². The van der Waals surface area contributed by atoms with E-state index >= 15 is 0 Å². The maximum Gasteiger partial charge on any atom is 0.223 e. The van der Waals surface area contributed by atoms with E-state index < -0.39 is 0 Å². The second kappa shape index (κ2) is 13.8. The lowest BCUT2D eigenvalue weighted by Crippen LogP contribution is -2.32. The first-order valence-electron chi connectivity index (χ1n) is 9.43. The van der Waals surface area contributed by atoms with Gasteiger partial charge in [-0.15, -0.1) is 6.42 Å². The van der Waals surface area contributed by atoms with Crippen LogP contribution >= 0.6 is 0 Å². The minimum absolute atomic E-state index is 0.0463. The highest BCUT2D eigenvalue weighted by Crippen LogP contribution is 2.21. The van der Waals surface area contributed by atoms with E-state index in [4.69, 9.17) is 6.42 Å². The lowest BCUT2D eigenvalue weighted by molar-refractivity contribution is -0.132. The third-order valence-electron chi connectivity index (χ3n) is 3.71. The molecule has 1 fully saturated rings. The highest BCUT2D eigenvalue weighted by Gasteiger charge is 2.27. The molecule has 2 rings (SSSR count). The lowest BCUT2D eigenvalue weighted by atomic mass is 9.92. The first-order chi connectivity index (χ1) is 13.2. The van der Waals surface area contributed by atoms with E-state index in [-0.39, 0.29) is 17.4 Å². The lowest BCUT2D eigenvalue weighted by Gasteiger charge is -2.22. The first kappa shape index (κ1) is 25.6. The van der Waals surface area contributed by atoms with E-state index in [2.05, 4.69) is 37.3 Å². The number of nitrogens with zero attached hydrogens (tertiary/aromatic N) is 1. The summed E-state index contributed by atoms with van der Waals surface area (Å²) in [7, 11) is 3.75. The number of nitrogens with one attached hydrogen (secondary N) is 2. The Morgan fingerprint density at radius 3 is 2.29 bits per heavy atom. The molecule has 1 saturated heterocycles. The molecule has 0 spiro atoms. The van der Waals surface area contributed by atoms with Gasteiger partial charge in [-0.05, 0) is 43.6 Å². The molecule has 28 heavy (non-hydrogen) atoms. The molecule has 6 heteroatoms. The number of β-amino-alcohol motifs (C(OH)–C–C–N with tert-alkyl or cyclic N) is 1. The van der Waals surface area contributed by atoms with Crippen molar-refractivity contribution < 1.29 is 14.7 Å². The first-order valence-corrected chi connectivity index (χ1v) is 9.43. The third kappa shape index (κ3) is 12.1. The molecule has 1 aliphatic rings. The quantitative estimate of drug-likeness (QED) is 0.541. The number of hydrogen-bond acceptors (Lipinski definition) is 4. The Morgan fingerprint density at radius 1 is 1.32 bits per heavy atom. The van der Waals surface area contributed by atoms with Crippen LogP contribution in [0.1, 0.15) is 44.7 Å². The van der Waals surface area contributed by atoms with Crippen LogP contribution in [-0.2, 0) is 16.1 Å². The summed E-state index contributed by atoms with van der Waals surface area (Å²) < 4.78 is 0. The van der Waals surface area contributed by atoms with Crippen LogP contribution in [0.15, 0.2) is 24.3 Å². The van der Waals surface area contributed by atoms with E-state index in [1.54, 1.807) is 4.90 Å². The molecule has 0 radical (unpaired) electrons. The topological polar surface area (TPSA) is 81.7 Å². The van der Waals surface area contributed by atoms with Gasteiger partial charge in [0.05, 0.1) is 6.10 Å². The smallest absolute Gasteiger partial charge is 0.223 e. The molecular weight excluding hydrogens is 354 g/mol. The maximum atomic E-state index is 11.6. The van der Waals surface area contributed by atoms with Crippen molar-refractivity contribution in [3.8, 4) is 12.3 Å². The van der Waals surface area contributed by atoms with Crippen LogP contribution in [0.3, 0.4) is 0 Å². The highest BCUT2D eigenvalue weighted by molar-refractivity contribution is 5.77. The van der Waals surface area contributed by atoms with E-state index in [9.17, 15) is 14.7 Å². The molecule has 1 unspecified atom stereocenters.